The van der Waals surface area contributed by atoms with E-state index in [9.17, 15) is 9.90 Å². The zero-order valence-corrected chi connectivity index (χ0v) is 26.9. The zero-order valence-electron chi connectivity index (χ0n) is 26.1. The van der Waals surface area contributed by atoms with Crippen LogP contribution in [-0.2, 0) is 23.4 Å². The van der Waals surface area contributed by atoms with Crippen LogP contribution in [0.25, 0.3) is 0 Å². The molecule has 5 aromatic carbocycles. The molecule has 0 bridgehead atoms. The smallest absolute Gasteiger partial charge is 0.281 e. The van der Waals surface area contributed by atoms with Crippen LogP contribution in [-0.4, -0.2) is 41.8 Å². The number of carbonyl (C=O) groups is 1. The van der Waals surface area contributed by atoms with E-state index in [1.165, 1.54) is 0 Å². The quantitative estimate of drug-likeness (QED) is 0.127. The van der Waals surface area contributed by atoms with Crippen LogP contribution in [0, 0.1) is 0 Å². The van der Waals surface area contributed by atoms with Crippen LogP contribution in [0.15, 0.2) is 138 Å². The lowest BCUT2D eigenvalue weighted by Gasteiger charge is -2.39. The molecule has 1 heterocycles. The number of hydrogen-bond donors (Lipinski definition) is 0. The van der Waals surface area contributed by atoms with Crippen molar-refractivity contribution in [1.82, 2.24) is 4.90 Å². The lowest BCUT2D eigenvalue weighted by atomic mass is 9.78. The molecule has 6 rings (SSSR count). The van der Waals surface area contributed by atoms with Crippen LogP contribution in [0.4, 0.5) is 0 Å². The summed E-state index contributed by atoms with van der Waals surface area (Å²) in [5, 5.41) is 14.2. The number of methoxy groups -OCH3 is 2. The first-order valence-electron chi connectivity index (χ1n) is 15.1. The molecule has 2 atom stereocenters. The highest BCUT2D eigenvalue weighted by Gasteiger charge is 2.63. The Morgan fingerprint density at radius 3 is 1.87 bits per heavy atom. The van der Waals surface area contributed by atoms with Gasteiger partial charge in [-0.15, -0.1) is 11.8 Å². The van der Waals surface area contributed by atoms with E-state index < -0.39 is 17.6 Å². The average Bonchev–Trinajstić information content (AvgIpc) is 3.39. The normalized spacial score (nSPS) is 17.6. The Bertz CT molecular complexity index is 1810. The van der Waals surface area contributed by atoms with Gasteiger partial charge in [0.25, 0.3) is 5.84 Å². The van der Waals surface area contributed by atoms with Crippen molar-refractivity contribution in [2.24, 2.45) is 0 Å². The highest BCUT2D eigenvalue weighted by atomic mass is 32.2. The molecule has 0 N–H and O–H groups in total. The maximum atomic E-state index is 14.2. The lowest BCUT2D eigenvalue weighted by Crippen LogP contribution is -2.59. The summed E-state index contributed by atoms with van der Waals surface area (Å²) >= 11 is 1.62. The third-order valence-corrected chi connectivity index (χ3v) is 9.40. The second kappa shape index (κ2) is 13.5. The van der Waals surface area contributed by atoms with Crippen molar-refractivity contribution in [1.29, 1.82) is 0 Å². The van der Waals surface area contributed by atoms with Crippen LogP contribution >= 0.6 is 11.8 Å². The maximum Gasteiger partial charge on any atom is 0.281 e. The van der Waals surface area contributed by atoms with Crippen molar-refractivity contribution >= 4 is 23.6 Å². The topological polar surface area (TPSA) is 64.8 Å². The van der Waals surface area contributed by atoms with Gasteiger partial charge in [-0.3, -0.25) is 0 Å². The van der Waals surface area contributed by atoms with E-state index in [1.54, 1.807) is 26.0 Å². The third kappa shape index (κ3) is 5.74. The first-order valence-corrected chi connectivity index (χ1v) is 16.4. The number of carboxylic acids is 1. The van der Waals surface area contributed by atoms with Crippen molar-refractivity contribution in [3.05, 3.63) is 161 Å². The standard InChI is InChI=1S/C39H36N2O4S/c1-44-33-20-14-29(15-21-33)26-40-36(30-16-22-34(45-2)23-17-30)39(38(42)43,32-18-24-35(46-3)25-19-32)41(27-28-10-6-4-7-11-28)37(40)31-12-8-5-9-13-31/h4-25,36H,26-27H2,1-3H3. The van der Waals surface area contributed by atoms with Crippen LogP contribution < -0.4 is 14.6 Å². The number of carbonyl (C=O) groups excluding carboxylic acids is 1. The van der Waals surface area contributed by atoms with Gasteiger partial charge in [0.1, 0.15) is 24.6 Å². The summed E-state index contributed by atoms with van der Waals surface area (Å²) in [4.78, 5) is 17.3. The summed E-state index contributed by atoms with van der Waals surface area (Å²) in [5.41, 5.74) is 2.78. The van der Waals surface area contributed by atoms with Gasteiger partial charge < -0.3 is 19.4 Å². The summed E-state index contributed by atoms with van der Waals surface area (Å²) in [5.74, 6) is 1.08. The molecule has 0 amide bonds. The molecule has 0 spiro atoms. The number of hydrogen-bond acceptors (Lipinski definition) is 6. The second-order valence-electron chi connectivity index (χ2n) is 11.2. The van der Waals surface area contributed by atoms with Crippen LogP contribution in [0.1, 0.15) is 33.9 Å². The van der Waals surface area contributed by atoms with Gasteiger partial charge in [0.05, 0.1) is 25.8 Å². The van der Waals surface area contributed by atoms with Gasteiger partial charge in [0.15, 0.2) is 6.04 Å². The summed E-state index contributed by atoms with van der Waals surface area (Å²) < 4.78 is 13.2. The molecule has 1 aliphatic rings. The monoisotopic (exact) mass is 628 g/mol. The van der Waals surface area contributed by atoms with Crippen molar-refractivity contribution in [2.75, 3.05) is 20.5 Å². The molecule has 0 fully saturated rings. The van der Waals surface area contributed by atoms with Crippen LogP contribution in [0.3, 0.4) is 0 Å². The number of aliphatic carboxylic acids is 1. The number of thioether (sulfide) groups is 1. The Morgan fingerprint density at radius 1 is 0.761 bits per heavy atom. The molecule has 232 valence electrons. The van der Waals surface area contributed by atoms with Crippen LogP contribution in [0.5, 0.6) is 11.5 Å². The molecule has 2 unspecified atom stereocenters. The lowest BCUT2D eigenvalue weighted by molar-refractivity contribution is -0.587. The molecule has 46 heavy (non-hydrogen) atoms. The molecule has 0 aromatic heterocycles. The number of ether oxygens (including phenoxy) is 2. The van der Waals surface area contributed by atoms with Crippen molar-refractivity contribution < 1.29 is 24.0 Å². The van der Waals surface area contributed by atoms with E-state index in [2.05, 4.69) is 4.58 Å². The minimum absolute atomic E-state index is 0.342. The maximum absolute atomic E-state index is 14.2. The minimum atomic E-state index is -1.61. The van der Waals surface area contributed by atoms with Gasteiger partial charge in [0, 0.05) is 16.0 Å². The number of nitrogens with zero attached hydrogens (tertiary/aromatic N) is 2. The van der Waals surface area contributed by atoms with Gasteiger partial charge in [-0.2, -0.15) is 0 Å². The van der Waals surface area contributed by atoms with Crippen LogP contribution in [0.2, 0.25) is 0 Å². The van der Waals surface area contributed by atoms with Gasteiger partial charge in [0.2, 0.25) is 5.54 Å². The molecule has 0 aliphatic carbocycles. The number of benzene rings is 5. The molecule has 6 nitrogen and oxygen atoms in total. The number of rotatable bonds is 11. The van der Waals surface area contributed by atoms with E-state index in [0.717, 1.165) is 38.7 Å². The third-order valence-electron chi connectivity index (χ3n) is 8.66. The zero-order chi connectivity index (χ0) is 32.1. The summed E-state index contributed by atoms with van der Waals surface area (Å²) in [6.07, 6.45) is 2.01. The predicted molar refractivity (Wildman–Crippen MR) is 180 cm³/mol. The van der Waals surface area contributed by atoms with Gasteiger partial charge in [-0.25, -0.2) is 9.48 Å². The van der Waals surface area contributed by atoms with Crippen molar-refractivity contribution in [2.45, 2.75) is 29.6 Å². The van der Waals surface area contributed by atoms with Crippen molar-refractivity contribution in [3.63, 3.8) is 0 Å². The summed E-state index contributed by atoms with van der Waals surface area (Å²) in [6, 6.07) is 42.9. The Balaban J connectivity index is 1.69. The van der Waals surface area contributed by atoms with E-state index in [0.29, 0.717) is 24.4 Å². The highest BCUT2D eigenvalue weighted by Crippen LogP contribution is 2.50. The molecular formula is C39H36N2O4S. The fourth-order valence-electron chi connectivity index (χ4n) is 6.49. The Kier molecular flexibility index (Phi) is 9.13. The van der Waals surface area contributed by atoms with E-state index in [-0.39, 0.29) is 0 Å². The van der Waals surface area contributed by atoms with E-state index in [4.69, 9.17) is 9.47 Å². The first-order chi connectivity index (χ1) is 22.5. The minimum Gasteiger partial charge on any atom is -0.545 e. The Morgan fingerprint density at radius 2 is 1.33 bits per heavy atom. The fourth-order valence-corrected chi connectivity index (χ4v) is 6.90. The van der Waals surface area contributed by atoms with Gasteiger partial charge in [-0.05, 0) is 65.9 Å². The second-order valence-corrected chi connectivity index (χ2v) is 12.1. The Hall–Kier alpha value is -5.01. The van der Waals surface area contributed by atoms with Gasteiger partial charge >= 0.3 is 0 Å². The fraction of sp³-hybridized carbons (Fsp3) is 0.179. The first kappa shape index (κ1) is 31.0. The SMILES string of the molecule is COc1ccc(C[N+]2=C(c3ccccc3)N(Cc3ccccc3)C(C(=O)[O-])(c3ccc(SC)cc3)C2c2ccc(OC)cc2)cc1. The summed E-state index contributed by atoms with van der Waals surface area (Å²) in [6.45, 7) is 0.781. The van der Waals surface area contributed by atoms with E-state index >= 15 is 0 Å². The molecule has 1 aliphatic heterocycles. The highest BCUT2D eigenvalue weighted by molar-refractivity contribution is 7.98. The molecule has 7 heteroatoms. The molecule has 0 saturated heterocycles. The molecule has 0 radical (unpaired) electrons. The molecule has 5 aromatic rings. The number of carboxylic acid groups (broad SMARTS) is 1. The van der Waals surface area contributed by atoms with Crippen molar-refractivity contribution in [3.8, 4) is 11.5 Å². The van der Waals surface area contributed by atoms with E-state index in [1.807, 2.05) is 145 Å². The largest absolute Gasteiger partial charge is 0.545 e. The predicted octanol–water partition coefficient (Wildman–Crippen LogP) is 6.29. The molecular weight excluding hydrogens is 593 g/mol. The van der Waals surface area contributed by atoms with Gasteiger partial charge in [-0.1, -0.05) is 84.9 Å². The summed E-state index contributed by atoms with van der Waals surface area (Å²) in [7, 11) is 3.27. The number of amidine groups is 1. The average molecular weight is 629 g/mol. The Labute approximate surface area is 274 Å². The molecule has 0 saturated carbocycles.